The number of ether oxygens (including phenoxy) is 1. The van der Waals surface area contributed by atoms with Crippen LogP contribution < -0.4 is 14.9 Å². The van der Waals surface area contributed by atoms with Crippen LogP contribution in [0.1, 0.15) is 36.1 Å². The van der Waals surface area contributed by atoms with Gasteiger partial charge >= 0.3 is 0 Å². The average Bonchev–Trinajstić information content (AvgIpc) is 2.81. The lowest BCUT2D eigenvalue weighted by molar-refractivity contribution is -0.121. The van der Waals surface area contributed by atoms with E-state index >= 15 is 0 Å². The third-order valence-corrected chi connectivity index (χ3v) is 6.30. The molecule has 0 unspecified atom stereocenters. The lowest BCUT2D eigenvalue weighted by atomic mass is 10.0. The number of nitrogens with one attached hydrogen (secondary N) is 2. The molecule has 0 aromatic heterocycles. The van der Waals surface area contributed by atoms with Crippen LogP contribution in [0.15, 0.2) is 88.9 Å². The summed E-state index contributed by atoms with van der Waals surface area (Å²) < 4.78 is 33.8. The molecule has 0 aliphatic carbocycles. The molecule has 33 heavy (non-hydrogen) atoms. The predicted octanol–water partition coefficient (Wildman–Crippen LogP) is 3.95. The molecule has 0 spiro atoms. The quantitative estimate of drug-likeness (QED) is 0.350. The number of sulfonamides is 1. The molecule has 0 aliphatic heterocycles. The second kappa shape index (κ2) is 11.4. The van der Waals surface area contributed by atoms with Gasteiger partial charge in [-0.15, -0.1) is 0 Å². The van der Waals surface area contributed by atoms with Gasteiger partial charge in [-0.05, 0) is 61.4 Å². The van der Waals surface area contributed by atoms with Gasteiger partial charge in [0, 0.05) is 6.42 Å². The van der Waals surface area contributed by atoms with Crippen molar-refractivity contribution in [2.45, 2.75) is 31.2 Å². The van der Waals surface area contributed by atoms with Gasteiger partial charge in [-0.3, -0.25) is 4.79 Å². The van der Waals surface area contributed by atoms with E-state index < -0.39 is 22.0 Å². The van der Waals surface area contributed by atoms with Crippen LogP contribution in [0.4, 0.5) is 0 Å². The molecule has 0 saturated heterocycles. The fourth-order valence-corrected chi connectivity index (χ4v) is 4.34. The number of nitrogens with zero attached hydrogens (tertiary/aromatic N) is 1. The summed E-state index contributed by atoms with van der Waals surface area (Å²) in [6.07, 6.45) is 1.40. The highest BCUT2D eigenvalue weighted by Crippen LogP contribution is 2.21. The van der Waals surface area contributed by atoms with E-state index in [9.17, 15) is 13.2 Å². The van der Waals surface area contributed by atoms with E-state index in [4.69, 9.17) is 4.74 Å². The van der Waals surface area contributed by atoms with E-state index in [1.54, 1.807) is 48.5 Å². The zero-order chi connectivity index (χ0) is 23.7. The first kappa shape index (κ1) is 24.2. The van der Waals surface area contributed by atoms with E-state index in [1.807, 2.05) is 44.2 Å². The molecule has 3 aromatic rings. The molecular formula is C25H27N3O4S. The van der Waals surface area contributed by atoms with Crippen LogP contribution in [0, 0.1) is 6.92 Å². The van der Waals surface area contributed by atoms with Gasteiger partial charge in [-0.25, -0.2) is 18.6 Å². The van der Waals surface area contributed by atoms with Gasteiger partial charge in [0.25, 0.3) is 0 Å². The van der Waals surface area contributed by atoms with Gasteiger partial charge in [0.2, 0.25) is 15.9 Å². The second-order valence-electron chi connectivity index (χ2n) is 7.40. The van der Waals surface area contributed by atoms with Crippen LogP contribution in [0.5, 0.6) is 5.75 Å². The maximum Gasteiger partial charge on any atom is 0.242 e. The molecule has 1 amide bonds. The molecule has 0 radical (unpaired) electrons. The second-order valence-corrected chi connectivity index (χ2v) is 9.11. The Bertz CT molecular complexity index is 1180. The lowest BCUT2D eigenvalue weighted by Crippen LogP contribution is -2.32. The molecule has 2 N–H and O–H groups in total. The molecule has 7 nitrogen and oxygen atoms in total. The highest BCUT2D eigenvalue weighted by Gasteiger charge is 2.23. The normalized spacial score (nSPS) is 12.4. The number of hydrazone groups is 1. The number of hydrogen-bond donors (Lipinski definition) is 2. The molecule has 0 heterocycles. The fraction of sp³-hybridized carbons (Fsp3) is 0.200. The van der Waals surface area contributed by atoms with Crippen molar-refractivity contribution >= 4 is 22.1 Å². The van der Waals surface area contributed by atoms with Crippen molar-refractivity contribution in [3.63, 3.8) is 0 Å². The Kier molecular flexibility index (Phi) is 8.34. The summed E-state index contributed by atoms with van der Waals surface area (Å²) in [4.78, 5) is 12.7. The number of hydrogen-bond acceptors (Lipinski definition) is 5. The standard InChI is InChI=1S/C25H27N3O4S/c1-3-32-22-13-11-20(12-14-22)18-26-27-25(29)17-24(21-7-5-4-6-8-21)28-33(30,31)23-15-9-19(2)10-16-23/h4-16,18,24,28H,3,17H2,1-2H3,(H,27,29)/b26-18-/t24-/m0/s1. The van der Waals surface area contributed by atoms with Gasteiger partial charge in [0.05, 0.1) is 23.8 Å². The van der Waals surface area contributed by atoms with Gasteiger partial charge in [-0.1, -0.05) is 48.0 Å². The van der Waals surface area contributed by atoms with Gasteiger partial charge in [-0.2, -0.15) is 5.10 Å². The topological polar surface area (TPSA) is 96.9 Å². The van der Waals surface area contributed by atoms with Crippen molar-refractivity contribution in [3.05, 3.63) is 95.6 Å². The summed E-state index contributed by atoms with van der Waals surface area (Å²) in [6.45, 7) is 4.38. The zero-order valence-corrected chi connectivity index (χ0v) is 19.4. The molecule has 0 aliphatic rings. The number of aryl methyl sites for hydroxylation is 1. The van der Waals surface area contributed by atoms with Crippen LogP contribution in [0.25, 0.3) is 0 Å². The van der Waals surface area contributed by atoms with Crippen LogP contribution in [-0.2, 0) is 14.8 Å². The third-order valence-electron chi connectivity index (χ3n) is 4.81. The monoisotopic (exact) mass is 465 g/mol. The Morgan fingerprint density at radius 2 is 1.67 bits per heavy atom. The van der Waals surface area contributed by atoms with Crippen LogP contribution in [0.3, 0.4) is 0 Å². The number of carbonyl (C=O) groups is 1. The number of amides is 1. The third kappa shape index (κ3) is 7.27. The van der Waals surface area contributed by atoms with Gasteiger partial charge in [0.15, 0.2) is 0 Å². The average molecular weight is 466 g/mol. The summed E-state index contributed by atoms with van der Waals surface area (Å²) in [5.41, 5.74) is 4.90. The van der Waals surface area contributed by atoms with Crippen molar-refractivity contribution in [1.82, 2.24) is 10.1 Å². The molecular weight excluding hydrogens is 438 g/mol. The van der Waals surface area contributed by atoms with Gasteiger partial charge < -0.3 is 4.74 Å². The smallest absolute Gasteiger partial charge is 0.242 e. The van der Waals surface area contributed by atoms with Gasteiger partial charge in [0.1, 0.15) is 5.75 Å². The summed E-state index contributed by atoms with van der Waals surface area (Å²) >= 11 is 0. The summed E-state index contributed by atoms with van der Waals surface area (Å²) in [7, 11) is -3.82. The van der Waals surface area contributed by atoms with Crippen molar-refractivity contribution in [1.29, 1.82) is 0 Å². The number of carbonyl (C=O) groups excluding carboxylic acids is 1. The van der Waals surface area contributed by atoms with E-state index in [0.717, 1.165) is 16.9 Å². The zero-order valence-electron chi connectivity index (χ0n) is 18.6. The van der Waals surface area contributed by atoms with Crippen molar-refractivity contribution in [2.75, 3.05) is 6.61 Å². The Labute approximate surface area is 194 Å². The maximum absolute atomic E-state index is 12.9. The lowest BCUT2D eigenvalue weighted by Gasteiger charge is -2.18. The first-order valence-corrected chi connectivity index (χ1v) is 12.0. The Morgan fingerprint density at radius 1 is 1.00 bits per heavy atom. The van der Waals surface area contributed by atoms with E-state index in [1.165, 1.54) is 6.21 Å². The maximum atomic E-state index is 12.9. The van der Waals surface area contributed by atoms with Crippen molar-refractivity contribution in [2.24, 2.45) is 5.10 Å². The highest BCUT2D eigenvalue weighted by atomic mass is 32.2. The SMILES string of the molecule is CCOc1ccc(/C=N\NC(=O)C[C@H](NS(=O)(=O)c2ccc(C)cc2)c2ccccc2)cc1. The fourth-order valence-electron chi connectivity index (χ4n) is 3.11. The van der Waals surface area contributed by atoms with Crippen molar-refractivity contribution < 1.29 is 17.9 Å². The first-order chi connectivity index (χ1) is 15.9. The minimum absolute atomic E-state index is 0.115. The molecule has 0 fully saturated rings. The van der Waals surface area contributed by atoms with E-state index in [-0.39, 0.29) is 11.3 Å². The molecule has 172 valence electrons. The Morgan fingerprint density at radius 3 is 2.30 bits per heavy atom. The molecule has 0 bridgehead atoms. The molecule has 3 aromatic carbocycles. The number of benzene rings is 3. The minimum Gasteiger partial charge on any atom is -0.494 e. The van der Waals surface area contributed by atoms with Crippen LogP contribution in [-0.4, -0.2) is 27.1 Å². The molecule has 0 saturated carbocycles. The van der Waals surface area contributed by atoms with Crippen molar-refractivity contribution in [3.8, 4) is 5.75 Å². The molecule has 1 atom stereocenters. The summed E-state index contributed by atoms with van der Waals surface area (Å²) in [5.74, 6) is 0.336. The summed E-state index contributed by atoms with van der Waals surface area (Å²) in [6, 6.07) is 22.0. The largest absolute Gasteiger partial charge is 0.494 e. The van der Waals surface area contributed by atoms with Crippen LogP contribution in [0.2, 0.25) is 0 Å². The minimum atomic E-state index is -3.82. The highest BCUT2D eigenvalue weighted by molar-refractivity contribution is 7.89. The first-order valence-electron chi connectivity index (χ1n) is 10.6. The Balaban J connectivity index is 1.68. The van der Waals surface area contributed by atoms with Crippen LogP contribution >= 0.6 is 0 Å². The van der Waals surface area contributed by atoms with E-state index in [0.29, 0.717) is 12.2 Å². The molecule has 8 heteroatoms. The van der Waals surface area contributed by atoms with E-state index in [2.05, 4.69) is 15.2 Å². The molecule has 3 rings (SSSR count). The Hall–Kier alpha value is -3.49. The predicted molar refractivity (Wildman–Crippen MR) is 129 cm³/mol. The summed E-state index contributed by atoms with van der Waals surface area (Å²) in [5, 5.41) is 3.99. The number of rotatable bonds is 10.